The molecule has 1 heterocycles. The van der Waals surface area contributed by atoms with E-state index in [1.54, 1.807) is 6.33 Å². The molecule has 0 fully saturated rings. The smallest absolute Gasteiger partial charge is 0.250 e. The van der Waals surface area contributed by atoms with Gasteiger partial charge in [0.2, 0.25) is 0 Å². The number of benzene rings is 2. The fraction of sp³-hybridized carbons (Fsp3) is 0. The van der Waals surface area contributed by atoms with Crippen molar-refractivity contribution in [3.63, 3.8) is 0 Å². The summed E-state index contributed by atoms with van der Waals surface area (Å²) in [6.07, 6.45) is 3.67. The van der Waals surface area contributed by atoms with Gasteiger partial charge < -0.3 is 0 Å². The second kappa shape index (κ2) is 2.77. The predicted molar refractivity (Wildman–Crippen MR) is 55.8 cm³/mol. The first-order valence-corrected chi connectivity index (χ1v) is 4.58. The van der Waals surface area contributed by atoms with Gasteiger partial charge in [0.05, 0.1) is 11.6 Å². The lowest BCUT2D eigenvalue weighted by molar-refractivity contribution is -0.380. The summed E-state index contributed by atoms with van der Waals surface area (Å²) in [5.74, 6) is 0. The van der Waals surface area contributed by atoms with Crippen LogP contribution in [0.4, 0.5) is 0 Å². The summed E-state index contributed by atoms with van der Waals surface area (Å²) in [5, 5.41) is 3.63. The van der Waals surface area contributed by atoms with E-state index in [0.29, 0.717) is 0 Å². The number of nitrogens with zero attached hydrogens (tertiary/aromatic N) is 1. The Hall–Kier alpha value is -1.96. The van der Waals surface area contributed by atoms with Gasteiger partial charge >= 0.3 is 0 Å². The summed E-state index contributed by atoms with van der Waals surface area (Å²) in [6, 6.07) is 12.6. The van der Waals surface area contributed by atoms with Crippen molar-refractivity contribution >= 4 is 21.7 Å². The molecule has 0 bridgehead atoms. The summed E-state index contributed by atoms with van der Waals surface area (Å²) < 4.78 is 0. The zero-order chi connectivity index (χ0) is 9.38. The first-order chi connectivity index (χ1) is 6.93. The molecule has 0 amide bonds. The number of nitrogens with one attached hydrogen (secondary N) is 1. The number of aromatic nitrogens is 2. The van der Waals surface area contributed by atoms with E-state index in [0.717, 1.165) is 10.9 Å². The number of H-pyrrole nitrogens is 1. The Morgan fingerprint density at radius 2 is 1.71 bits per heavy atom. The zero-order valence-corrected chi connectivity index (χ0v) is 7.57. The maximum atomic E-state index is 4.28. The van der Waals surface area contributed by atoms with E-state index in [2.05, 4.69) is 34.2 Å². The Labute approximate surface area is 81.2 Å². The van der Waals surface area contributed by atoms with Gasteiger partial charge in [0.25, 0.3) is 6.33 Å². The minimum absolute atomic E-state index is 1.03. The van der Waals surface area contributed by atoms with Crippen molar-refractivity contribution in [3.05, 3.63) is 48.9 Å². The first-order valence-electron chi connectivity index (χ1n) is 4.58. The number of rotatable bonds is 0. The van der Waals surface area contributed by atoms with Gasteiger partial charge in [-0.1, -0.05) is 24.3 Å². The number of hydrogen-bond acceptors (Lipinski definition) is 1. The van der Waals surface area contributed by atoms with Crippen molar-refractivity contribution < 1.29 is 4.98 Å². The molecule has 0 spiro atoms. The van der Waals surface area contributed by atoms with Crippen molar-refractivity contribution in [1.82, 2.24) is 4.98 Å². The third kappa shape index (κ3) is 1.04. The van der Waals surface area contributed by atoms with E-state index in [1.807, 2.05) is 18.3 Å². The second-order valence-corrected chi connectivity index (χ2v) is 3.33. The largest absolute Gasteiger partial charge is 0.284 e. The number of fused-ring (bicyclic) bond motifs is 2. The van der Waals surface area contributed by atoms with Gasteiger partial charge in [0.15, 0.2) is 5.52 Å². The molecule has 2 heteroatoms. The average Bonchev–Trinajstić information content (AvgIpc) is 2.26. The van der Waals surface area contributed by atoms with Crippen molar-refractivity contribution in [1.29, 1.82) is 0 Å². The summed E-state index contributed by atoms with van der Waals surface area (Å²) in [4.78, 5) is 7.26. The lowest BCUT2D eigenvalue weighted by Crippen LogP contribution is -2.00. The van der Waals surface area contributed by atoms with Crippen molar-refractivity contribution in [2.75, 3.05) is 0 Å². The van der Waals surface area contributed by atoms with Crippen molar-refractivity contribution in [2.24, 2.45) is 0 Å². The fourth-order valence-electron chi connectivity index (χ4n) is 1.71. The van der Waals surface area contributed by atoms with Crippen LogP contribution >= 0.6 is 0 Å². The number of hydrogen-bond donors (Lipinski definition) is 0. The minimum Gasteiger partial charge on any atom is -0.250 e. The highest BCUT2D eigenvalue weighted by Gasteiger charge is 2.01. The molecule has 0 aliphatic carbocycles. The molecule has 1 aromatic heterocycles. The highest BCUT2D eigenvalue weighted by atomic mass is 14.8. The summed E-state index contributed by atoms with van der Waals surface area (Å²) in [6.45, 7) is 0. The van der Waals surface area contributed by atoms with Gasteiger partial charge in [-0.3, -0.25) is 0 Å². The normalized spacial score (nSPS) is 10.9. The third-order valence-corrected chi connectivity index (χ3v) is 2.41. The molecular formula is C12H9N2+. The monoisotopic (exact) mass is 181 g/mol. The Balaban J connectivity index is 2.52. The first kappa shape index (κ1) is 7.44. The number of aromatic amines is 1. The van der Waals surface area contributed by atoms with E-state index in [1.165, 1.54) is 10.8 Å². The van der Waals surface area contributed by atoms with Gasteiger partial charge in [-0.25, -0.2) is 4.98 Å². The summed E-state index contributed by atoms with van der Waals surface area (Å²) >= 11 is 0. The second-order valence-electron chi connectivity index (χ2n) is 3.33. The van der Waals surface area contributed by atoms with Crippen LogP contribution in [0.15, 0.2) is 48.9 Å². The molecule has 14 heavy (non-hydrogen) atoms. The molecule has 66 valence electrons. The quantitative estimate of drug-likeness (QED) is 0.488. The van der Waals surface area contributed by atoms with E-state index in [-0.39, 0.29) is 0 Å². The van der Waals surface area contributed by atoms with Crippen LogP contribution in [0.25, 0.3) is 21.7 Å². The van der Waals surface area contributed by atoms with Crippen LogP contribution in [0.3, 0.4) is 0 Å². The molecular weight excluding hydrogens is 172 g/mol. The van der Waals surface area contributed by atoms with Gasteiger partial charge in [0, 0.05) is 0 Å². The standard InChI is InChI=1S/C12H8N2/c1-2-4-10-6-12-11(5-9(10)3-1)7-13-8-14-12/h1-8H/p+1. The Morgan fingerprint density at radius 3 is 2.57 bits per heavy atom. The molecule has 0 saturated carbocycles. The molecule has 3 rings (SSSR count). The summed E-state index contributed by atoms with van der Waals surface area (Å²) in [7, 11) is 0. The maximum Gasteiger partial charge on any atom is 0.284 e. The molecule has 2 nitrogen and oxygen atoms in total. The molecule has 0 radical (unpaired) electrons. The van der Waals surface area contributed by atoms with E-state index < -0.39 is 0 Å². The van der Waals surface area contributed by atoms with Gasteiger partial charge in [0.1, 0.15) is 0 Å². The van der Waals surface area contributed by atoms with Crippen LogP contribution in [0, 0.1) is 0 Å². The van der Waals surface area contributed by atoms with Crippen LogP contribution in [-0.4, -0.2) is 4.98 Å². The zero-order valence-electron chi connectivity index (χ0n) is 7.57. The van der Waals surface area contributed by atoms with Gasteiger partial charge in [-0.05, 0) is 27.9 Å². The van der Waals surface area contributed by atoms with Crippen LogP contribution in [0.2, 0.25) is 0 Å². The maximum absolute atomic E-state index is 4.28. The Bertz CT molecular complexity index is 497. The highest BCUT2D eigenvalue weighted by molar-refractivity contribution is 5.95. The molecule has 0 aliphatic rings. The molecule has 3 aromatic rings. The molecule has 0 atom stereocenters. The van der Waals surface area contributed by atoms with Gasteiger partial charge in [-0.2, -0.15) is 0 Å². The van der Waals surface area contributed by atoms with Crippen molar-refractivity contribution in [3.8, 4) is 0 Å². The summed E-state index contributed by atoms with van der Waals surface area (Å²) in [5.41, 5.74) is 1.03. The average molecular weight is 181 g/mol. The highest BCUT2D eigenvalue weighted by Crippen LogP contribution is 2.19. The SMILES string of the molecule is c1ccc2cc3nc[nH+]cc3cc2c1. The molecule has 0 saturated heterocycles. The Morgan fingerprint density at radius 1 is 0.929 bits per heavy atom. The van der Waals surface area contributed by atoms with E-state index in [4.69, 9.17) is 0 Å². The van der Waals surface area contributed by atoms with Crippen LogP contribution in [0.1, 0.15) is 0 Å². The molecule has 2 aromatic carbocycles. The molecule has 0 unspecified atom stereocenters. The van der Waals surface area contributed by atoms with Gasteiger partial charge in [-0.15, -0.1) is 0 Å². The lowest BCUT2D eigenvalue weighted by atomic mass is 10.1. The molecule has 1 N–H and O–H groups in total. The lowest BCUT2D eigenvalue weighted by Gasteiger charge is -1.96. The van der Waals surface area contributed by atoms with E-state index in [9.17, 15) is 0 Å². The van der Waals surface area contributed by atoms with E-state index >= 15 is 0 Å². The molecule has 0 aliphatic heterocycles. The fourth-order valence-corrected chi connectivity index (χ4v) is 1.71. The van der Waals surface area contributed by atoms with Crippen LogP contribution in [-0.2, 0) is 0 Å². The minimum atomic E-state index is 1.03. The predicted octanol–water partition coefficient (Wildman–Crippen LogP) is 2.20. The Kier molecular flexibility index (Phi) is 1.47. The van der Waals surface area contributed by atoms with Crippen LogP contribution < -0.4 is 4.98 Å². The van der Waals surface area contributed by atoms with Crippen molar-refractivity contribution in [2.45, 2.75) is 0 Å². The third-order valence-electron chi connectivity index (χ3n) is 2.41. The topological polar surface area (TPSA) is 27.0 Å². The van der Waals surface area contributed by atoms with Crippen LogP contribution in [0.5, 0.6) is 0 Å².